The van der Waals surface area contributed by atoms with E-state index in [0.717, 1.165) is 10.8 Å². The minimum atomic E-state index is -0.339. The van der Waals surface area contributed by atoms with Crippen LogP contribution in [0.15, 0.2) is 42.7 Å². The van der Waals surface area contributed by atoms with Gasteiger partial charge in [0.1, 0.15) is 5.83 Å². The SMILES string of the molecule is [CH2]/C=C(/F)c1cncc2ccccc12. The maximum Gasteiger partial charge on any atom is 0.128 e. The van der Waals surface area contributed by atoms with Crippen molar-refractivity contribution < 1.29 is 4.39 Å². The predicted octanol–water partition coefficient (Wildman–Crippen LogP) is 3.38. The van der Waals surface area contributed by atoms with Gasteiger partial charge in [-0.1, -0.05) is 24.3 Å². The third kappa shape index (κ3) is 1.39. The fourth-order valence-corrected chi connectivity index (χ4v) is 1.42. The highest BCUT2D eigenvalue weighted by molar-refractivity contribution is 5.91. The Morgan fingerprint density at radius 2 is 2.07 bits per heavy atom. The lowest BCUT2D eigenvalue weighted by molar-refractivity contribution is 0.761. The van der Waals surface area contributed by atoms with E-state index in [-0.39, 0.29) is 5.83 Å². The average molecular weight is 186 g/mol. The van der Waals surface area contributed by atoms with Crippen LogP contribution >= 0.6 is 0 Å². The maximum absolute atomic E-state index is 13.4. The van der Waals surface area contributed by atoms with E-state index in [1.165, 1.54) is 12.3 Å². The molecule has 69 valence electrons. The van der Waals surface area contributed by atoms with Crippen LogP contribution in [0.5, 0.6) is 0 Å². The van der Waals surface area contributed by atoms with Gasteiger partial charge in [0.25, 0.3) is 0 Å². The zero-order chi connectivity index (χ0) is 9.97. The van der Waals surface area contributed by atoms with Crippen molar-refractivity contribution in [2.45, 2.75) is 0 Å². The highest BCUT2D eigenvalue weighted by atomic mass is 19.1. The van der Waals surface area contributed by atoms with Crippen molar-refractivity contribution in [3.8, 4) is 0 Å². The van der Waals surface area contributed by atoms with Gasteiger partial charge in [0.05, 0.1) is 0 Å². The smallest absolute Gasteiger partial charge is 0.128 e. The molecule has 0 saturated carbocycles. The Balaban J connectivity index is 2.77. The van der Waals surface area contributed by atoms with Crippen LogP contribution < -0.4 is 0 Å². The van der Waals surface area contributed by atoms with E-state index in [0.29, 0.717) is 5.56 Å². The molecular weight excluding hydrogens is 177 g/mol. The van der Waals surface area contributed by atoms with E-state index in [4.69, 9.17) is 0 Å². The molecule has 2 aromatic rings. The van der Waals surface area contributed by atoms with Crippen LogP contribution in [0.4, 0.5) is 4.39 Å². The molecule has 0 unspecified atom stereocenters. The second kappa shape index (κ2) is 3.58. The van der Waals surface area contributed by atoms with E-state index in [9.17, 15) is 4.39 Å². The van der Waals surface area contributed by atoms with E-state index < -0.39 is 0 Å². The summed E-state index contributed by atoms with van der Waals surface area (Å²) in [6.07, 6.45) is 4.43. The molecule has 0 atom stereocenters. The normalized spacial score (nSPS) is 12.0. The molecule has 0 amide bonds. The summed E-state index contributed by atoms with van der Waals surface area (Å²) >= 11 is 0. The summed E-state index contributed by atoms with van der Waals surface area (Å²) in [5.41, 5.74) is 0.498. The van der Waals surface area contributed by atoms with Gasteiger partial charge in [-0.15, -0.1) is 0 Å². The van der Waals surface area contributed by atoms with Crippen molar-refractivity contribution >= 4 is 16.6 Å². The Morgan fingerprint density at radius 3 is 2.86 bits per heavy atom. The van der Waals surface area contributed by atoms with Crippen molar-refractivity contribution in [3.05, 3.63) is 55.2 Å². The lowest BCUT2D eigenvalue weighted by atomic mass is 10.1. The molecule has 2 heteroatoms. The molecule has 0 saturated heterocycles. The Kier molecular flexibility index (Phi) is 2.27. The van der Waals surface area contributed by atoms with Gasteiger partial charge in [0, 0.05) is 23.3 Å². The minimum Gasteiger partial charge on any atom is -0.263 e. The topological polar surface area (TPSA) is 12.9 Å². The number of allylic oxidation sites excluding steroid dienone is 1. The molecular formula is C12H9FN. The molecule has 0 spiro atoms. The van der Waals surface area contributed by atoms with Crippen molar-refractivity contribution in [1.29, 1.82) is 0 Å². The Morgan fingerprint density at radius 1 is 1.29 bits per heavy atom. The van der Waals surface area contributed by atoms with Crippen molar-refractivity contribution in [2.75, 3.05) is 0 Å². The van der Waals surface area contributed by atoms with Crippen LogP contribution in [0.3, 0.4) is 0 Å². The highest BCUT2D eigenvalue weighted by Crippen LogP contribution is 2.24. The predicted molar refractivity (Wildman–Crippen MR) is 56.2 cm³/mol. The monoisotopic (exact) mass is 186 g/mol. The average Bonchev–Trinajstić information content (AvgIpc) is 2.27. The summed E-state index contributed by atoms with van der Waals surface area (Å²) in [4.78, 5) is 3.97. The number of rotatable bonds is 1. The van der Waals surface area contributed by atoms with Gasteiger partial charge in [-0.25, -0.2) is 4.39 Å². The summed E-state index contributed by atoms with van der Waals surface area (Å²) in [7, 11) is 0. The zero-order valence-electron chi connectivity index (χ0n) is 7.57. The minimum absolute atomic E-state index is 0.339. The third-order valence-electron chi connectivity index (χ3n) is 2.10. The molecule has 1 heterocycles. The lowest BCUT2D eigenvalue weighted by Crippen LogP contribution is -1.84. The Labute approximate surface area is 81.9 Å². The van der Waals surface area contributed by atoms with Gasteiger partial charge in [0.2, 0.25) is 0 Å². The van der Waals surface area contributed by atoms with Crippen molar-refractivity contribution in [2.24, 2.45) is 0 Å². The molecule has 1 aromatic carbocycles. The van der Waals surface area contributed by atoms with Crippen LogP contribution in [0.1, 0.15) is 5.56 Å². The number of hydrogen-bond acceptors (Lipinski definition) is 1. The van der Waals surface area contributed by atoms with Crippen LogP contribution in [-0.2, 0) is 0 Å². The van der Waals surface area contributed by atoms with E-state index in [2.05, 4.69) is 11.9 Å². The first-order valence-electron chi connectivity index (χ1n) is 4.31. The van der Waals surface area contributed by atoms with E-state index in [1.807, 2.05) is 24.3 Å². The van der Waals surface area contributed by atoms with Crippen molar-refractivity contribution in [3.63, 3.8) is 0 Å². The van der Waals surface area contributed by atoms with Gasteiger partial charge in [-0.3, -0.25) is 4.98 Å². The molecule has 0 N–H and O–H groups in total. The molecule has 0 aliphatic heterocycles. The van der Waals surface area contributed by atoms with Gasteiger partial charge in [0.15, 0.2) is 0 Å². The van der Waals surface area contributed by atoms with Gasteiger partial charge in [-0.05, 0) is 18.4 Å². The fraction of sp³-hybridized carbons (Fsp3) is 0. The molecule has 0 bridgehead atoms. The first-order valence-corrected chi connectivity index (χ1v) is 4.31. The number of halogens is 1. The second-order valence-electron chi connectivity index (χ2n) is 2.96. The van der Waals surface area contributed by atoms with E-state index in [1.54, 1.807) is 6.20 Å². The number of benzene rings is 1. The lowest BCUT2D eigenvalue weighted by Gasteiger charge is -2.02. The van der Waals surface area contributed by atoms with Gasteiger partial charge in [-0.2, -0.15) is 0 Å². The molecule has 1 nitrogen and oxygen atoms in total. The zero-order valence-corrected chi connectivity index (χ0v) is 7.57. The largest absolute Gasteiger partial charge is 0.263 e. The molecule has 0 fully saturated rings. The molecule has 1 radical (unpaired) electrons. The van der Waals surface area contributed by atoms with Crippen LogP contribution in [-0.4, -0.2) is 4.98 Å². The number of fused-ring (bicyclic) bond motifs is 1. The molecule has 14 heavy (non-hydrogen) atoms. The summed E-state index contributed by atoms with van der Waals surface area (Å²) in [5, 5.41) is 1.79. The summed E-state index contributed by atoms with van der Waals surface area (Å²) in [5.74, 6) is -0.339. The summed E-state index contributed by atoms with van der Waals surface area (Å²) in [6, 6.07) is 7.55. The summed E-state index contributed by atoms with van der Waals surface area (Å²) < 4.78 is 13.4. The number of pyridine rings is 1. The van der Waals surface area contributed by atoms with Gasteiger partial charge < -0.3 is 0 Å². The van der Waals surface area contributed by atoms with Crippen LogP contribution in [0, 0.1) is 6.92 Å². The second-order valence-corrected chi connectivity index (χ2v) is 2.96. The number of aromatic nitrogens is 1. The first-order chi connectivity index (χ1) is 6.83. The quantitative estimate of drug-likeness (QED) is 0.665. The molecule has 0 aliphatic carbocycles. The molecule has 0 aliphatic rings. The Hall–Kier alpha value is -1.70. The molecule has 2 rings (SSSR count). The van der Waals surface area contributed by atoms with Crippen molar-refractivity contribution in [1.82, 2.24) is 4.98 Å². The standard InChI is InChI=1S/C12H9FN/c1-2-12(13)11-8-14-7-9-5-3-4-6-10(9)11/h2-8H,1H2/b12-2+. The fourth-order valence-electron chi connectivity index (χ4n) is 1.42. The maximum atomic E-state index is 13.4. The first kappa shape index (κ1) is 8.88. The van der Waals surface area contributed by atoms with E-state index >= 15 is 0 Å². The Bertz CT molecular complexity index is 483. The summed E-state index contributed by atoms with van der Waals surface area (Å²) in [6.45, 7) is 3.40. The molecule has 1 aromatic heterocycles. The van der Waals surface area contributed by atoms with Crippen LogP contribution in [0.25, 0.3) is 16.6 Å². The number of nitrogens with zero attached hydrogens (tertiary/aromatic N) is 1. The van der Waals surface area contributed by atoms with Gasteiger partial charge >= 0.3 is 0 Å². The van der Waals surface area contributed by atoms with Crippen LogP contribution in [0.2, 0.25) is 0 Å². The third-order valence-corrected chi connectivity index (χ3v) is 2.10. The highest BCUT2D eigenvalue weighted by Gasteiger charge is 2.04. The number of hydrogen-bond donors (Lipinski definition) is 0.